The summed E-state index contributed by atoms with van der Waals surface area (Å²) < 4.78 is 24.6. The van der Waals surface area contributed by atoms with E-state index in [2.05, 4.69) is 15.0 Å². The molecule has 7 nitrogen and oxygen atoms in total. The maximum atomic E-state index is 11.9. The Morgan fingerprint density at radius 2 is 2.15 bits per heavy atom. The van der Waals surface area contributed by atoms with E-state index in [1.807, 2.05) is 6.07 Å². The Kier molecular flexibility index (Phi) is 3.96. The van der Waals surface area contributed by atoms with Crippen molar-refractivity contribution in [1.29, 1.82) is 0 Å². The fraction of sp³-hybridized carbons (Fsp3) is 0.250. The number of hydrogen-bond donors (Lipinski definition) is 4. The zero-order chi connectivity index (χ0) is 14.8. The van der Waals surface area contributed by atoms with E-state index in [-0.39, 0.29) is 18.2 Å². The third kappa shape index (κ3) is 3.09. The number of aromatic nitrogens is 1. The van der Waals surface area contributed by atoms with E-state index in [0.29, 0.717) is 16.9 Å². The fourth-order valence-electron chi connectivity index (χ4n) is 1.80. The predicted molar refractivity (Wildman–Crippen MR) is 77.9 cm³/mol. The lowest BCUT2D eigenvalue weighted by molar-refractivity contribution is 0.0952. The molecule has 0 radical (unpaired) electrons. The van der Waals surface area contributed by atoms with Crippen LogP contribution in [0.4, 0.5) is 5.69 Å². The number of amides is 1. The lowest BCUT2D eigenvalue weighted by atomic mass is 10.2. The number of nitrogens with one attached hydrogen (secondary N) is 3. The van der Waals surface area contributed by atoms with Gasteiger partial charge in [-0.15, -0.1) is 0 Å². The molecule has 0 aliphatic heterocycles. The van der Waals surface area contributed by atoms with Gasteiger partial charge in [-0.25, -0.2) is 13.1 Å². The Balaban J connectivity index is 2.07. The van der Waals surface area contributed by atoms with Crippen LogP contribution in [0, 0.1) is 0 Å². The van der Waals surface area contributed by atoms with Crippen molar-refractivity contribution in [3.8, 4) is 0 Å². The molecule has 2 rings (SSSR count). The number of nitrogen functional groups attached to an aromatic ring is 1. The summed E-state index contributed by atoms with van der Waals surface area (Å²) >= 11 is 0. The Morgan fingerprint density at radius 3 is 2.80 bits per heavy atom. The van der Waals surface area contributed by atoms with Gasteiger partial charge in [0.25, 0.3) is 5.91 Å². The average molecular weight is 296 g/mol. The van der Waals surface area contributed by atoms with Crippen molar-refractivity contribution in [2.45, 2.75) is 0 Å². The van der Waals surface area contributed by atoms with Gasteiger partial charge in [-0.1, -0.05) is 12.1 Å². The first kappa shape index (κ1) is 14.4. The number of aromatic amines is 1. The van der Waals surface area contributed by atoms with Gasteiger partial charge < -0.3 is 16.0 Å². The molecule has 0 unspecified atom stereocenters. The van der Waals surface area contributed by atoms with Gasteiger partial charge in [-0.3, -0.25) is 4.79 Å². The van der Waals surface area contributed by atoms with E-state index in [9.17, 15) is 13.2 Å². The Bertz CT molecular complexity index is 736. The van der Waals surface area contributed by atoms with Gasteiger partial charge in [0.05, 0.1) is 17.0 Å². The van der Waals surface area contributed by atoms with Gasteiger partial charge in [0.15, 0.2) is 0 Å². The number of carbonyl (C=O) groups excluding carboxylic acids is 1. The van der Waals surface area contributed by atoms with Gasteiger partial charge in [0, 0.05) is 11.9 Å². The second-order valence-electron chi connectivity index (χ2n) is 4.27. The molecule has 0 saturated heterocycles. The van der Waals surface area contributed by atoms with E-state index in [1.165, 1.54) is 7.05 Å². The van der Waals surface area contributed by atoms with Crippen molar-refractivity contribution < 1.29 is 13.2 Å². The van der Waals surface area contributed by atoms with Crippen LogP contribution in [0.15, 0.2) is 24.3 Å². The second-order valence-corrected chi connectivity index (χ2v) is 6.32. The summed E-state index contributed by atoms with van der Waals surface area (Å²) in [4.78, 5) is 14.8. The van der Waals surface area contributed by atoms with Crippen LogP contribution in [0.1, 0.15) is 10.5 Å². The van der Waals surface area contributed by atoms with Crippen molar-refractivity contribution in [1.82, 2.24) is 15.0 Å². The highest BCUT2D eigenvalue weighted by atomic mass is 32.2. The van der Waals surface area contributed by atoms with Crippen LogP contribution < -0.4 is 15.8 Å². The molecule has 0 bridgehead atoms. The maximum absolute atomic E-state index is 11.9. The number of rotatable bonds is 5. The van der Waals surface area contributed by atoms with E-state index in [1.54, 1.807) is 18.2 Å². The smallest absolute Gasteiger partial charge is 0.267 e. The first-order valence-electron chi connectivity index (χ1n) is 5.99. The number of nitrogens with two attached hydrogens (primary N) is 1. The Morgan fingerprint density at radius 1 is 1.40 bits per heavy atom. The zero-order valence-corrected chi connectivity index (χ0v) is 11.8. The number of benzene rings is 1. The predicted octanol–water partition coefficient (Wildman–Crippen LogP) is 0.0291. The summed E-state index contributed by atoms with van der Waals surface area (Å²) in [5.74, 6) is -0.538. The number of hydrogen-bond acceptors (Lipinski definition) is 4. The summed E-state index contributed by atoms with van der Waals surface area (Å²) in [6.45, 7) is 0.0346. The molecule has 0 atom stereocenters. The minimum Gasteiger partial charge on any atom is -0.397 e. The summed E-state index contributed by atoms with van der Waals surface area (Å²) in [5, 5.41) is 3.37. The molecule has 1 amide bonds. The average Bonchev–Trinajstić information content (AvgIpc) is 2.84. The summed E-state index contributed by atoms with van der Waals surface area (Å²) in [6, 6.07) is 7.05. The van der Waals surface area contributed by atoms with Crippen molar-refractivity contribution in [2.75, 3.05) is 25.1 Å². The quantitative estimate of drug-likeness (QED) is 0.582. The molecule has 0 aliphatic rings. The molecule has 1 heterocycles. The highest BCUT2D eigenvalue weighted by Crippen LogP contribution is 2.20. The van der Waals surface area contributed by atoms with Crippen LogP contribution in [-0.2, 0) is 10.0 Å². The monoisotopic (exact) mass is 296 g/mol. The molecule has 0 aliphatic carbocycles. The van der Waals surface area contributed by atoms with Crippen LogP contribution in [0.3, 0.4) is 0 Å². The molecule has 8 heteroatoms. The number of H-pyrrole nitrogens is 1. The van der Waals surface area contributed by atoms with E-state index in [4.69, 9.17) is 5.73 Å². The molecule has 5 N–H and O–H groups in total. The topological polar surface area (TPSA) is 117 Å². The maximum Gasteiger partial charge on any atom is 0.267 e. The number of fused-ring (bicyclic) bond motifs is 1. The molecule has 0 saturated carbocycles. The third-order valence-corrected chi connectivity index (χ3v) is 4.26. The number of sulfonamides is 1. The minimum absolute atomic E-state index is 0.0346. The molecule has 0 spiro atoms. The molecule has 1 aromatic carbocycles. The standard InChI is InChI=1S/C12H16N4O3S/c1-14-20(18,19)6-5-15-12(17)10-7-8-3-2-4-9(13)11(8)16-10/h2-4,7,14,16H,5-6,13H2,1H3,(H,15,17). The molecular formula is C12H16N4O3S. The lowest BCUT2D eigenvalue weighted by Gasteiger charge is -2.04. The first-order valence-corrected chi connectivity index (χ1v) is 7.65. The number of anilines is 1. The first-order chi connectivity index (χ1) is 9.43. The van der Waals surface area contributed by atoms with Crippen molar-refractivity contribution >= 4 is 32.5 Å². The van der Waals surface area contributed by atoms with Crippen LogP contribution >= 0.6 is 0 Å². The fourth-order valence-corrected chi connectivity index (χ4v) is 2.37. The second kappa shape index (κ2) is 5.51. The molecule has 0 fully saturated rings. The normalized spacial score (nSPS) is 11.7. The minimum atomic E-state index is -3.32. The van der Waals surface area contributed by atoms with Crippen molar-refractivity contribution in [3.05, 3.63) is 30.0 Å². The van der Waals surface area contributed by atoms with E-state index in [0.717, 1.165) is 5.39 Å². The Labute approximate surface area is 116 Å². The van der Waals surface area contributed by atoms with Crippen LogP contribution in [0.25, 0.3) is 10.9 Å². The largest absolute Gasteiger partial charge is 0.397 e. The van der Waals surface area contributed by atoms with Gasteiger partial charge in [0.1, 0.15) is 5.69 Å². The van der Waals surface area contributed by atoms with E-state index < -0.39 is 10.0 Å². The van der Waals surface area contributed by atoms with Crippen molar-refractivity contribution in [3.63, 3.8) is 0 Å². The van der Waals surface area contributed by atoms with Gasteiger partial charge in [0.2, 0.25) is 10.0 Å². The highest BCUT2D eigenvalue weighted by molar-refractivity contribution is 7.89. The molecule has 1 aromatic heterocycles. The van der Waals surface area contributed by atoms with Gasteiger partial charge >= 0.3 is 0 Å². The number of para-hydroxylation sites is 1. The van der Waals surface area contributed by atoms with Crippen molar-refractivity contribution in [2.24, 2.45) is 0 Å². The number of carbonyl (C=O) groups is 1. The van der Waals surface area contributed by atoms with Crippen LogP contribution in [0.5, 0.6) is 0 Å². The lowest BCUT2D eigenvalue weighted by Crippen LogP contribution is -2.33. The Hall–Kier alpha value is -2.06. The third-order valence-electron chi connectivity index (χ3n) is 2.90. The zero-order valence-electron chi connectivity index (χ0n) is 10.9. The SMILES string of the molecule is CNS(=O)(=O)CCNC(=O)c1cc2cccc(N)c2[nH]1. The van der Waals surface area contributed by atoms with Gasteiger partial charge in [-0.05, 0) is 19.2 Å². The summed E-state index contributed by atoms with van der Waals surface area (Å²) in [6.07, 6.45) is 0. The van der Waals surface area contributed by atoms with Crippen LogP contribution in [0.2, 0.25) is 0 Å². The molecule has 108 valence electrons. The van der Waals surface area contributed by atoms with E-state index >= 15 is 0 Å². The summed E-state index contributed by atoms with van der Waals surface area (Å²) in [7, 11) is -1.99. The molecule has 20 heavy (non-hydrogen) atoms. The van der Waals surface area contributed by atoms with Crippen LogP contribution in [-0.4, -0.2) is 38.7 Å². The summed E-state index contributed by atoms with van der Waals surface area (Å²) in [5.41, 5.74) is 7.39. The highest BCUT2D eigenvalue weighted by Gasteiger charge is 2.12. The molecule has 2 aromatic rings. The molecular weight excluding hydrogens is 280 g/mol. The van der Waals surface area contributed by atoms with Gasteiger partial charge in [-0.2, -0.15) is 0 Å².